The Balaban J connectivity index is 1.78. The van der Waals surface area contributed by atoms with Gasteiger partial charge in [0.05, 0.1) is 5.56 Å². The monoisotopic (exact) mass is 325 g/mol. The van der Waals surface area contributed by atoms with Gasteiger partial charge in [0, 0.05) is 6.54 Å². The quantitative estimate of drug-likeness (QED) is 0.830. The van der Waals surface area contributed by atoms with E-state index in [0.717, 1.165) is 17.5 Å². The van der Waals surface area contributed by atoms with Gasteiger partial charge < -0.3 is 10.1 Å². The maximum atomic E-state index is 12.1. The number of esters is 1. The van der Waals surface area contributed by atoms with Gasteiger partial charge in [0.25, 0.3) is 5.91 Å². The number of nitrogens with one attached hydrogen (secondary N) is 1. The van der Waals surface area contributed by atoms with Gasteiger partial charge in [-0.15, -0.1) is 0 Å². The number of hydrogen-bond donors (Lipinski definition) is 1. The zero-order valence-corrected chi connectivity index (χ0v) is 14.4. The molecule has 0 aliphatic heterocycles. The number of ether oxygens (including phenoxy) is 1. The van der Waals surface area contributed by atoms with Crippen molar-refractivity contribution < 1.29 is 14.3 Å². The van der Waals surface area contributed by atoms with Crippen LogP contribution < -0.4 is 5.32 Å². The Labute approximate surface area is 142 Å². The Morgan fingerprint density at radius 2 is 1.67 bits per heavy atom. The molecule has 2 rings (SSSR count). The van der Waals surface area contributed by atoms with Gasteiger partial charge in [0.2, 0.25) is 0 Å². The average molecular weight is 325 g/mol. The molecule has 0 atom stereocenters. The van der Waals surface area contributed by atoms with Crippen molar-refractivity contribution in [1.82, 2.24) is 5.32 Å². The summed E-state index contributed by atoms with van der Waals surface area (Å²) in [7, 11) is 0. The van der Waals surface area contributed by atoms with E-state index in [2.05, 4.69) is 5.32 Å². The van der Waals surface area contributed by atoms with Crippen LogP contribution in [0.4, 0.5) is 0 Å². The Kier molecular flexibility index (Phi) is 6.13. The molecule has 0 radical (unpaired) electrons. The first-order valence-electron chi connectivity index (χ1n) is 8.03. The molecule has 2 aromatic rings. The van der Waals surface area contributed by atoms with Gasteiger partial charge in [-0.3, -0.25) is 4.79 Å². The maximum absolute atomic E-state index is 12.1. The molecule has 1 N–H and O–H groups in total. The number of benzene rings is 2. The molecule has 0 saturated carbocycles. The molecule has 0 aromatic heterocycles. The molecule has 4 nitrogen and oxygen atoms in total. The number of amides is 1. The van der Waals surface area contributed by atoms with Crippen LogP contribution in [0.3, 0.4) is 0 Å². The fourth-order valence-corrected chi connectivity index (χ4v) is 2.46. The van der Waals surface area contributed by atoms with Crippen LogP contribution >= 0.6 is 0 Å². The summed E-state index contributed by atoms with van der Waals surface area (Å²) in [6.07, 6.45) is 0.753. The minimum absolute atomic E-state index is 0.264. The van der Waals surface area contributed by atoms with Crippen LogP contribution in [-0.2, 0) is 16.0 Å². The van der Waals surface area contributed by atoms with Crippen LogP contribution in [0.5, 0.6) is 0 Å². The second-order valence-electron chi connectivity index (χ2n) is 5.85. The van der Waals surface area contributed by atoms with Crippen molar-refractivity contribution in [3.63, 3.8) is 0 Å². The predicted molar refractivity (Wildman–Crippen MR) is 94.1 cm³/mol. The number of hydrogen-bond acceptors (Lipinski definition) is 3. The zero-order valence-electron chi connectivity index (χ0n) is 14.4. The van der Waals surface area contributed by atoms with Gasteiger partial charge in [-0.25, -0.2) is 4.79 Å². The highest BCUT2D eigenvalue weighted by Gasteiger charge is 2.13. The van der Waals surface area contributed by atoms with Crippen LogP contribution in [0.15, 0.2) is 42.5 Å². The zero-order chi connectivity index (χ0) is 17.5. The standard InChI is InChI=1S/C20H23NO3/c1-14-8-6-10-18(16(14)3)20(23)24-13-19(22)21-12-11-17-9-5-4-7-15(17)2/h4-10H,11-13H2,1-3H3,(H,21,22). The second-order valence-corrected chi connectivity index (χ2v) is 5.85. The van der Waals surface area contributed by atoms with Crippen LogP contribution in [0, 0.1) is 20.8 Å². The highest BCUT2D eigenvalue weighted by Crippen LogP contribution is 2.13. The van der Waals surface area contributed by atoms with Crippen molar-refractivity contribution in [2.75, 3.05) is 13.2 Å². The highest BCUT2D eigenvalue weighted by molar-refractivity contribution is 5.93. The highest BCUT2D eigenvalue weighted by atomic mass is 16.5. The van der Waals surface area contributed by atoms with Gasteiger partial charge in [-0.2, -0.15) is 0 Å². The first-order chi connectivity index (χ1) is 11.5. The lowest BCUT2D eigenvalue weighted by Gasteiger charge is -2.10. The second kappa shape index (κ2) is 8.29. The molecular formula is C20H23NO3. The van der Waals surface area contributed by atoms with E-state index in [0.29, 0.717) is 12.1 Å². The summed E-state index contributed by atoms with van der Waals surface area (Å²) in [5.41, 5.74) is 4.80. The lowest BCUT2D eigenvalue weighted by Crippen LogP contribution is -2.30. The minimum atomic E-state index is -0.467. The molecule has 0 bridgehead atoms. The minimum Gasteiger partial charge on any atom is -0.452 e. The Morgan fingerprint density at radius 3 is 2.42 bits per heavy atom. The van der Waals surface area contributed by atoms with Crippen LogP contribution in [0.2, 0.25) is 0 Å². The molecule has 4 heteroatoms. The molecular weight excluding hydrogens is 302 g/mol. The summed E-state index contributed by atoms with van der Waals surface area (Å²) in [4.78, 5) is 23.9. The van der Waals surface area contributed by atoms with Crippen molar-refractivity contribution in [3.05, 3.63) is 70.3 Å². The van der Waals surface area contributed by atoms with Crippen molar-refractivity contribution >= 4 is 11.9 Å². The number of carbonyl (C=O) groups excluding carboxylic acids is 2. The Bertz CT molecular complexity index is 737. The number of rotatable bonds is 6. The van der Waals surface area contributed by atoms with E-state index >= 15 is 0 Å². The average Bonchev–Trinajstić information content (AvgIpc) is 2.57. The maximum Gasteiger partial charge on any atom is 0.338 e. The van der Waals surface area contributed by atoms with E-state index in [1.54, 1.807) is 12.1 Å². The molecule has 0 heterocycles. The summed E-state index contributed by atoms with van der Waals surface area (Å²) in [6.45, 7) is 6.10. The Morgan fingerprint density at radius 1 is 0.958 bits per heavy atom. The SMILES string of the molecule is Cc1ccccc1CCNC(=O)COC(=O)c1cccc(C)c1C. The number of carbonyl (C=O) groups is 2. The normalized spacial score (nSPS) is 10.3. The first kappa shape index (κ1) is 17.7. The molecule has 0 fully saturated rings. The van der Waals surface area contributed by atoms with Crippen LogP contribution in [-0.4, -0.2) is 25.0 Å². The molecule has 0 unspecified atom stereocenters. The summed E-state index contributed by atoms with van der Waals surface area (Å²) >= 11 is 0. The van der Waals surface area contributed by atoms with Gasteiger partial charge in [-0.1, -0.05) is 36.4 Å². The van der Waals surface area contributed by atoms with Crippen molar-refractivity contribution in [1.29, 1.82) is 0 Å². The van der Waals surface area contributed by atoms with Crippen molar-refractivity contribution in [2.45, 2.75) is 27.2 Å². The molecule has 2 aromatic carbocycles. The summed E-state index contributed by atoms with van der Waals surface area (Å²) in [5, 5.41) is 2.78. The fraction of sp³-hybridized carbons (Fsp3) is 0.300. The lowest BCUT2D eigenvalue weighted by molar-refractivity contribution is -0.124. The third-order valence-corrected chi connectivity index (χ3v) is 4.14. The van der Waals surface area contributed by atoms with Crippen LogP contribution in [0.25, 0.3) is 0 Å². The Hall–Kier alpha value is -2.62. The van der Waals surface area contributed by atoms with E-state index in [9.17, 15) is 9.59 Å². The van der Waals surface area contributed by atoms with Crippen LogP contribution in [0.1, 0.15) is 32.6 Å². The number of aryl methyl sites for hydroxylation is 2. The summed E-state index contributed by atoms with van der Waals surface area (Å²) in [5.74, 6) is -0.757. The smallest absolute Gasteiger partial charge is 0.338 e. The van der Waals surface area contributed by atoms with Gasteiger partial charge in [0.15, 0.2) is 6.61 Å². The third kappa shape index (κ3) is 4.69. The van der Waals surface area contributed by atoms with Crippen molar-refractivity contribution in [2.24, 2.45) is 0 Å². The molecule has 126 valence electrons. The largest absolute Gasteiger partial charge is 0.452 e. The van der Waals surface area contributed by atoms with Gasteiger partial charge in [0.1, 0.15) is 0 Å². The summed E-state index contributed by atoms with van der Waals surface area (Å²) < 4.78 is 5.10. The first-order valence-corrected chi connectivity index (χ1v) is 8.03. The van der Waals surface area contributed by atoms with E-state index in [4.69, 9.17) is 4.74 Å². The van der Waals surface area contributed by atoms with Gasteiger partial charge in [-0.05, 0) is 55.5 Å². The molecule has 0 aliphatic rings. The van der Waals surface area contributed by atoms with E-state index in [1.165, 1.54) is 11.1 Å². The lowest BCUT2D eigenvalue weighted by atomic mass is 10.0. The fourth-order valence-electron chi connectivity index (χ4n) is 2.46. The summed E-state index contributed by atoms with van der Waals surface area (Å²) in [6, 6.07) is 13.5. The molecule has 24 heavy (non-hydrogen) atoms. The molecule has 0 aliphatic carbocycles. The predicted octanol–water partition coefficient (Wildman–Crippen LogP) is 3.13. The van der Waals surface area contributed by atoms with Gasteiger partial charge >= 0.3 is 5.97 Å². The molecule has 0 saturated heterocycles. The molecule has 1 amide bonds. The third-order valence-electron chi connectivity index (χ3n) is 4.14. The van der Waals surface area contributed by atoms with Crippen molar-refractivity contribution in [3.8, 4) is 0 Å². The van der Waals surface area contributed by atoms with E-state index in [-0.39, 0.29) is 12.5 Å². The van der Waals surface area contributed by atoms with E-state index in [1.807, 2.05) is 51.1 Å². The topological polar surface area (TPSA) is 55.4 Å². The molecule has 0 spiro atoms. The van der Waals surface area contributed by atoms with E-state index < -0.39 is 5.97 Å².